The molecule has 2 amide bonds. The summed E-state index contributed by atoms with van der Waals surface area (Å²) in [5, 5.41) is 2.12. The number of thiophene rings is 1. The molecule has 2 heterocycles. The van der Waals surface area contributed by atoms with Crippen molar-refractivity contribution < 1.29 is 9.59 Å². The second-order valence-electron chi connectivity index (χ2n) is 8.89. The minimum atomic E-state index is -0.0934. The van der Waals surface area contributed by atoms with Gasteiger partial charge < -0.3 is 9.80 Å². The van der Waals surface area contributed by atoms with Crippen LogP contribution < -0.4 is 0 Å². The smallest absolute Gasteiger partial charge is 0.247 e. The number of aryl methyl sites for hydroxylation is 1. The van der Waals surface area contributed by atoms with Crippen LogP contribution in [0.1, 0.15) is 46.0 Å². The van der Waals surface area contributed by atoms with Gasteiger partial charge in [-0.25, -0.2) is 0 Å². The van der Waals surface area contributed by atoms with Gasteiger partial charge >= 0.3 is 0 Å². The van der Waals surface area contributed by atoms with Crippen LogP contribution in [0.25, 0.3) is 6.08 Å². The van der Waals surface area contributed by atoms with Crippen molar-refractivity contribution in [3.05, 3.63) is 99.3 Å². The second-order valence-corrected chi connectivity index (χ2v) is 9.89. The summed E-state index contributed by atoms with van der Waals surface area (Å²) < 4.78 is 0. The van der Waals surface area contributed by atoms with Crippen LogP contribution in [-0.2, 0) is 16.0 Å². The van der Waals surface area contributed by atoms with E-state index >= 15 is 0 Å². The van der Waals surface area contributed by atoms with Gasteiger partial charge in [-0.3, -0.25) is 9.59 Å². The lowest BCUT2D eigenvalue weighted by Crippen LogP contribution is -2.47. The molecule has 1 aromatic heterocycles. The Bertz CT molecular complexity index is 1160. The van der Waals surface area contributed by atoms with E-state index < -0.39 is 0 Å². The van der Waals surface area contributed by atoms with E-state index in [0.29, 0.717) is 6.54 Å². The molecule has 0 bridgehead atoms. The molecule has 2 aliphatic rings. The summed E-state index contributed by atoms with van der Waals surface area (Å²) in [6.07, 6.45) is 6.23. The van der Waals surface area contributed by atoms with Crippen LogP contribution in [0.2, 0.25) is 0 Å². The number of fused-ring (bicyclic) bond motifs is 1. The zero-order chi connectivity index (χ0) is 22.8. The van der Waals surface area contributed by atoms with Crippen LogP contribution in [0.3, 0.4) is 0 Å². The average Bonchev–Trinajstić information content (AvgIpc) is 3.57. The molecule has 4 nitrogen and oxygen atoms in total. The Balaban J connectivity index is 1.37. The topological polar surface area (TPSA) is 40.6 Å². The molecule has 1 unspecified atom stereocenters. The van der Waals surface area contributed by atoms with Gasteiger partial charge in [0.25, 0.3) is 0 Å². The Kier molecular flexibility index (Phi) is 6.14. The van der Waals surface area contributed by atoms with Gasteiger partial charge in [0.1, 0.15) is 6.54 Å². The fourth-order valence-corrected chi connectivity index (χ4v) is 5.43. The Morgan fingerprint density at radius 2 is 1.82 bits per heavy atom. The fraction of sp³-hybridized carbons (Fsp3) is 0.286. The largest absolute Gasteiger partial charge is 0.330 e. The lowest BCUT2D eigenvalue weighted by atomic mass is 9.92. The van der Waals surface area contributed by atoms with Crippen LogP contribution in [0, 0.1) is 6.92 Å². The van der Waals surface area contributed by atoms with Gasteiger partial charge in [-0.05, 0) is 60.4 Å². The fourth-order valence-electron chi connectivity index (χ4n) is 4.53. The zero-order valence-corrected chi connectivity index (χ0v) is 19.6. The SMILES string of the molecule is Cc1ccc(C2c3ccsc3CCN2C(=O)CN(C(=O)/C=C/c2ccccc2)C2CC2)cc1. The van der Waals surface area contributed by atoms with E-state index in [0.717, 1.165) is 30.4 Å². The maximum atomic E-state index is 13.6. The van der Waals surface area contributed by atoms with E-state index in [2.05, 4.69) is 42.6 Å². The summed E-state index contributed by atoms with van der Waals surface area (Å²) >= 11 is 1.77. The van der Waals surface area contributed by atoms with Gasteiger partial charge in [-0.15, -0.1) is 11.3 Å². The van der Waals surface area contributed by atoms with Crippen LogP contribution in [0.5, 0.6) is 0 Å². The van der Waals surface area contributed by atoms with Crippen LogP contribution in [0.15, 0.2) is 72.1 Å². The van der Waals surface area contributed by atoms with Gasteiger partial charge in [-0.1, -0.05) is 60.2 Å². The van der Waals surface area contributed by atoms with Crippen molar-refractivity contribution >= 4 is 29.2 Å². The average molecular weight is 457 g/mol. The van der Waals surface area contributed by atoms with Crippen molar-refractivity contribution in [2.75, 3.05) is 13.1 Å². The van der Waals surface area contributed by atoms with Crippen molar-refractivity contribution in [3.8, 4) is 0 Å². The van der Waals surface area contributed by atoms with E-state index in [1.54, 1.807) is 22.3 Å². The number of benzene rings is 2. The molecule has 5 rings (SSSR count). The van der Waals surface area contributed by atoms with Crippen molar-refractivity contribution in [1.29, 1.82) is 0 Å². The number of amides is 2. The number of carbonyl (C=O) groups is 2. The molecule has 5 heteroatoms. The number of nitrogens with zero attached hydrogens (tertiary/aromatic N) is 2. The van der Waals surface area contributed by atoms with E-state index in [1.807, 2.05) is 41.3 Å². The standard InChI is InChI=1S/C28H28N2O2S/c1-20-7-10-22(11-8-20)28-24-16-18-33-25(24)15-17-29(28)27(32)19-30(23-12-13-23)26(31)14-9-21-5-3-2-4-6-21/h2-11,14,16,18,23,28H,12-13,15,17,19H2,1H3/b14-9+. The normalized spacial score (nSPS) is 17.7. The van der Waals surface area contributed by atoms with Crippen molar-refractivity contribution in [2.24, 2.45) is 0 Å². The first-order chi connectivity index (χ1) is 16.1. The van der Waals surface area contributed by atoms with E-state index in [9.17, 15) is 9.59 Å². The number of carbonyl (C=O) groups excluding carboxylic acids is 2. The van der Waals surface area contributed by atoms with Gasteiger partial charge in [-0.2, -0.15) is 0 Å². The summed E-state index contributed by atoms with van der Waals surface area (Å²) in [6, 6.07) is 20.5. The molecule has 1 aliphatic heterocycles. The summed E-state index contributed by atoms with van der Waals surface area (Å²) in [6.45, 7) is 2.88. The first-order valence-electron chi connectivity index (χ1n) is 11.6. The minimum absolute atomic E-state index is 0.0192. The van der Waals surface area contributed by atoms with Gasteiger partial charge in [0.2, 0.25) is 11.8 Å². The van der Waals surface area contributed by atoms with Gasteiger partial charge in [0.05, 0.1) is 6.04 Å². The second kappa shape index (κ2) is 9.36. The molecule has 3 aromatic rings. The molecular formula is C28H28N2O2S. The van der Waals surface area contributed by atoms with Crippen LogP contribution >= 0.6 is 11.3 Å². The maximum absolute atomic E-state index is 13.6. The van der Waals surface area contributed by atoms with Gasteiger partial charge in [0, 0.05) is 23.5 Å². The first-order valence-corrected chi connectivity index (χ1v) is 12.4. The molecule has 1 aliphatic carbocycles. The molecule has 2 aromatic carbocycles. The van der Waals surface area contributed by atoms with Crippen molar-refractivity contribution in [1.82, 2.24) is 9.80 Å². The molecule has 1 saturated carbocycles. The van der Waals surface area contributed by atoms with Crippen molar-refractivity contribution in [3.63, 3.8) is 0 Å². The highest BCUT2D eigenvalue weighted by Crippen LogP contribution is 2.38. The number of hydrogen-bond donors (Lipinski definition) is 0. The van der Waals surface area contributed by atoms with Crippen molar-refractivity contribution in [2.45, 2.75) is 38.3 Å². The highest BCUT2D eigenvalue weighted by molar-refractivity contribution is 7.10. The molecule has 0 N–H and O–H groups in total. The first kappa shape index (κ1) is 21.7. The molecular weight excluding hydrogens is 428 g/mol. The summed E-state index contributed by atoms with van der Waals surface area (Å²) in [7, 11) is 0. The molecule has 1 fully saturated rings. The van der Waals surface area contributed by atoms with E-state index in [4.69, 9.17) is 0 Å². The predicted octanol–water partition coefficient (Wildman–Crippen LogP) is 5.24. The third kappa shape index (κ3) is 4.79. The van der Waals surface area contributed by atoms with E-state index in [1.165, 1.54) is 16.0 Å². The Labute approximate surface area is 199 Å². The minimum Gasteiger partial charge on any atom is -0.330 e. The highest BCUT2D eigenvalue weighted by Gasteiger charge is 2.37. The zero-order valence-electron chi connectivity index (χ0n) is 18.8. The van der Waals surface area contributed by atoms with Crippen LogP contribution in [-0.4, -0.2) is 40.7 Å². The number of rotatable bonds is 6. The predicted molar refractivity (Wildman–Crippen MR) is 133 cm³/mol. The van der Waals surface area contributed by atoms with Crippen LogP contribution in [0.4, 0.5) is 0 Å². The molecule has 168 valence electrons. The lowest BCUT2D eigenvalue weighted by molar-refractivity contribution is -0.140. The molecule has 1 atom stereocenters. The Hall–Kier alpha value is -3.18. The third-order valence-electron chi connectivity index (χ3n) is 6.47. The molecule has 0 saturated heterocycles. The summed E-state index contributed by atoms with van der Waals surface area (Å²) in [5.41, 5.74) is 4.53. The van der Waals surface area contributed by atoms with Gasteiger partial charge in [0.15, 0.2) is 0 Å². The molecule has 0 radical (unpaired) electrons. The summed E-state index contributed by atoms with van der Waals surface area (Å²) in [4.78, 5) is 31.7. The quantitative estimate of drug-likeness (QED) is 0.476. The Morgan fingerprint density at radius 1 is 1.06 bits per heavy atom. The lowest BCUT2D eigenvalue weighted by Gasteiger charge is -2.37. The number of hydrogen-bond acceptors (Lipinski definition) is 3. The third-order valence-corrected chi connectivity index (χ3v) is 7.47. The van der Waals surface area contributed by atoms with E-state index in [-0.39, 0.29) is 30.4 Å². The molecule has 0 spiro atoms. The Morgan fingerprint density at radius 3 is 2.55 bits per heavy atom. The monoisotopic (exact) mass is 456 g/mol. The summed E-state index contributed by atoms with van der Waals surface area (Å²) in [5.74, 6) is -0.0689. The highest BCUT2D eigenvalue weighted by atomic mass is 32.1. The maximum Gasteiger partial charge on any atom is 0.247 e. The molecule has 33 heavy (non-hydrogen) atoms.